The number of ketones is 1. The van der Waals surface area contributed by atoms with Gasteiger partial charge in [0, 0.05) is 18.5 Å². The Balaban J connectivity index is 2.21. The zero-order valence-electron chi connectivity index (χ0n) is 11.0. The van der Waals surface area contributed by atoms with Crippen molar-refractivity contribution in [3.8, 4) is 0 Å². The molecule has 18 heavy (non-hydrogen) atoms. The third-order valence-corrected chi connectivity index (χ3v) is 4.57. The van der Waals surface area contributed by atoms with E-state index in [0.717, 1.165) is 37.2 Å². The molecule has 0 radical (unpaired) electrons. The van der Waals surface area contributed by atoms with Crippen molar-refractivity contribution in [1.82, 2.24) is 9.78 Å². The summed E-state index contributed by atoms with van der Waals surface area (Å²) in [7, 11) is 0. The average Bonchev–Trinajstić information content (AvgIpc) is 2.56. The predicted octanol–water partition coefficient (Wildman–Crippen LogP) is 2.11. The molecule has 1 aliphatic rings. The Morgan fingerprint density at radius 1 is 1.56 bits per heavy atom. The van der Waals surface area contributed by atoms with Crippen molar-refractivity contribution < 1.29 is 4.79 Å². The molecular weight excluding hydrogens is 250 g/mol. The van der Waals surface area contributed by atoms with E-state index in [2.05, 4.69) is 5.10 Å². The first-order valence-corrected chi connectivity index (χ1v) is 6.87. The largest absolute Gasteiger partial charge is 0.329 e. The van der Waals surface area contributed by atoms with E-state index >= 15 is 0 Å². The maximum atomic E-state index is 12.4. The smallest absolute Gasteiger partial charge is 0.146 e. The molecule has 2 rings (SSSR count). The van der Waals surface area contributed by atoms with Crippen LogP contribution in [-0.4, -0.2) is 22.1 Å². The Kier molecular flexibility index (Phi) is 3.78. The second-order valence-corrected chi connectivity index (χ2v) is 5.48. The number of nitrogens with zero attached hydrogens (tertiary/aromatic N) is 2. The molecule has 0 amide bonds. The SMILES string of the molecule is CCn1nc(C)c(Cl)c1CC(=O)C1(CN)CCC1. The van der Waals surface area contributed by atoms with Crippen molar-refractivity contribution in [2.75, 3.05) is 6.54 Å². The van der Waals surface area contributed by atoms with Gasteiger partial charge < -0.3 is 5.73 Å². The first-order valence-electron chi connectivity index (χ1n) is 6.49. The zero-order valence-corrected chi connectivity index (χ0v) is 11.8. The monoisotopic (exact) mass is 269 g/mol. The number of aryl methyl sites for hydroxylation is 2. The minimum absolute atomic E-state index is 0.216. The summed E-state index contributed by atoms with van der Waals surface area (Å²) in [5, 5.41) is 4.96. The van der Waals surface area contributed by atoms with Gasteiger partial charge >= 0.3 is 0 Å². The van der Waals surface area contributed by atoms with Gasteiger partial charge in [-0.05, 0) is 26.7 Å². The molecule has 0 aromatic carbocycles. The van der Waals surface area contributed by atoms with Gasteiger partial charge in [0.25, 0.3) is 0 Å². The van der Waals surface area contributed by atoms with Crippen molar-refractivity contribution in [3.05, 3.63) is 16.4 Å². The van der Waals surface area contributed by atoms with Gasteiger partial charge in [0.1, 0.15) is 5.78 Å². The zero-order chi connectivity index (χ0) is 13.3. The number of carbonyl (C=O) groups excluding carboxylic acids is 1. The highest BCUT2D eigenvalue weighted by atomic mass is 35.5. The first kappa shape index (κ1) is 13.6. The summed E-state index contributed by atoms with van der Waals surface area (Å²) in [4.78, 5) is 12.4. The van der Waals surface area contributed by atoms with E-state index in [4.69, 9.17) is 17.3 Å². The van der Waals surface area contributed by atoms with E-state index in [0.29, 0.717) is 18.0 Å². The van der Waals surface area contributed by atoms with E-state index in [1.807, 2.05) is 18.5 Å². The van der Waals surface area contributed by atoms with Crippen LogP contribution in [0.5, 0.6) is 0 Å². The van der Waals surface area contributed by atoms with Crippen molar-refractivity contribution in [2.24, 2.45) is 11.1 Å². The van der Waals surface area contributed by atoms with Gasteiger partial charge in [-0.3, -0.25) is 9.48 Å². The summed E-state index contributed by atoms with van der Waals surface area (Å²) < 4.78 is 1.82. The number of hydrogen-bond acceptors (Lipinski definition) is 3. The van der Waals surface area contributed by atoms with Gasteiger partial charge in [-0.25, -0.2) is 0 Å². The summed E-state index contributed by atoms with van der Waals surface area (Å²) >= 11 is 6.22. The van der Waals surface area contributed by atoms with E-state index in [9.17, 15) is 4.79 Å². The molecule has 1 aliphatic carbocycles. The second kappa shape index (κ2) is 5.02. The molecule has 5 heteroatoms. The maximum absolute atomic E-state index is 12.4. The highest BCUT2D eigenvalue weighted by Crippen LogP contribution is 2.41. The lowest BCUT2D eigenvalue weighted by atomic mass is 9.65. The van der Waals surface area contributed by atoms with Gasteiger partial charge in [0.15, 0.2) is 0 Å². The molecular formula is C13H20ClN3O. The molecule has 1 heterocycles. The number of carbonyl (C=O) groups is 1. The molecule has 1 fully saturated rings. The molecule has 0 saturated heterocycles. The van der Waals surface area contributed by atoms with Crippen LogP contribution in [0.3, 0.4) is 0 Å². The fraction of sp³-hybridized carbons (Fsp3) is 0.692. The van der Waals surface area contributed by atoms with Crippen LogP contribution >= 0.6 is 11.6 Å². The van der Waals surface area contributed by atoms with E-state index in [-0.39, 0.29) is 11.2 Å². The van der Waals surface area contributed by atoms with E-state index in [1.165, 1.54) is 0 Å². The van der Waals surface area contributed by atoms with Gasteiger partial charge in [0.05, 0.1) is 22.8 Å². The van der Waals surface area contributed by atoms with Crippen LogP contribution in [0, 0.1) is 12.3 Å². The van der Waals surface area contributed by atoms with Crippen LogP contribution < -0.4 is 5.73 Å². The molecule has 4 nitrogen and oxygen atoms in total. The topological polar surface area (TPSA) is 60.9 Å². The highest BCUT2D eigenvalue weighted by molar-refractivity contribution is 6.32. The second-order valence-electron chi connectivity index (χ2n) is 5.10. The molecule has 100 valence electrons. The molecule has 0 unspecified atom stereocenters. The molecule has 2 N–H and O–H groups in total. The van der Waals surface area contributed by atoms with Crippen LogP contribution in [0.2, 0.25) is 5.02 Å². The summed E-state index contributed by atoms with van der Waals surface area (Å²) in [6.07, 6.45) is 3.28. The Morgan fingerprint density at radius 3 is 2.67 bits per heavy atom. The quantitative estimate of drug-likeness (QED) is 0.891. The summed E-state index contributed by atoms with van der Waals surface area (Å²) in [5.74, 6) is 0.216. The third kappa shape index (κ3) is 2.08. The van der Waals surface area contributed by atoms with Crippen LogP contribution in [0.25, 0.3) is 0 Å². The molecule has 1 aromatic heterocycles. The van der Waals surface area contributed by atoms with Crippen LogP contribution in [0.4, 0.5) is 0 Å². The lowest BCUT2D eigenvalue weighted by molar-refractivity contribution is -0.132. The van der Waals surface area contributed by atoms with Gasteiger partial charge in [-0.2, -0.15) is 5.10 Å². The Bertz CT molecular complexity index is 458. The summed E-state index contributed by atoms with van der Waals surface area (Å²) in [6.45, 7) is 5.04. The molecule has 1 aromatic rings. The van der Waals surface area contributed by atoms with Gasteiger partial charge in [-0.15, -0.1) is 0 Å². The summed E-state index contributed by atoms with van der Waals surface area (Å²) in [6, 6.07) is 0. The molecule has 0 atom stereocenters. The Hall–Kier alpha value is -0.870. The van der Waals surface area contributed by atoms with E-state index in [1.54, 1.807) is 0 Å². The number of nitrogens with two attached hydrogens (primary N) is 1. The fourth-order valence-corrected chi connectivity index (χ4v) is 2.78. The highest BCUT2D eigenvalue weighted by Gasteiger charge is 2.42. The van der Waals surface area contributed by atoms with Gasteiger partial charge in [-0.1, -0.05) is 18.0 Å². The van der Waals surface area contributed by atoms with Crippen molar-refractivity contribution >= 4 is 17.4 Å². The van der Waals surface area contributed by atoms with E-state index < -0.39 is 0 Å². The maximum Gasteiger partial charge on any atom is 0.146 e. The molecule has 1 saturated carbocycles. The van der Waals surface area contributed by atoms with Crippen LogP contribution in [-0.2, 0) is 17.8 Å². The normalized spacial score (nSPS) is 17.6. The minimum Gasteiger partial charge on any atom is -0.329 e. The number of Topliss-reactive ketones (excluding diaryl/α,β-unsaturated/α-hetero) is 1. The Morgan fingerprint density at radius 2 is 2.22 bits per heavy atom. The number of aromatic nitrogens is 2. The predicted molar refractivity (Wildman–Crippen MR) is 71.7 cm³/mol. The summed E-state index contributed by atoms with van der Waals surface area (Å²) in [5.41, 5.74) is 7.09. The van der Waals surface area contributed by atoms with Gasteiger partial charge in [0.2, 0.25) is 0 Å². The first-order chi connectivity index (χ1) is 8.54. The lowest BCUT2D eigenvalue weighted by Gasteiger charge is -2.39. The average molecular weight is 270 g/mol. The fourth-order valence-electron chi connectivity index (χ4n) is 2.58. The van der Waals surface area contributed by atoms with Crippen molar-refractivity contribution in [2.45, 2.75) is 46.1 Å². The van der Waals surface area contributed by atoms with Crippen molar-refractivity contribution in [1.29, 1.82) is 0 Å². The molecule has 0 spiro atoms. The lowest BCUT2D eigenvalue weighted by Crippen LogP contribution is -2.45. The third-order valence-electron chi connectivity index (χ3n) is 4.07. The number of halogens is 1. The molecule has 0 bridgehead atoms. The number of hydrogen-bond donors (Lipinski definition) is 1. The Labute approximate surface area is 112 Å². The minimum atomic E-state index is -0.292. The van der Waals surface area contributed by atoms with Crippen LogP contribution in [0.1, 0.15) is 37.6 Å². The van der Waals surface area contributed by atoms with Crippen molar-refractivity contribution in [3.63, 3.8) is 0 Å². The number of rotatable bonds is 5. The standard InChI is InChI=1S/C13H20ClN3O/c1-3-17-10(12(14)9(2)16-17)7-11(18)13(8-15)5-4-6-13/h3-8,15H2,1-2H3. The van der Waals surface area contributed by atoms with Crippen LogP contribution in [0.15, 0.2) is 0 Å². The molecule has 0 aliphatic heterocycles.